The minimum Gasteiger partial charge on any atom is -0.308 e. The first kappa shape index (κ1) is 11.3. The number of aromatic nitrogens is 2. The molecule has 0 spiro atoms. The van der Waals surface area contributed by atoms with Gasteiger partial charge in [-0.15, -0.1) is 0 Å². The number of nitrogens with two attached hydrogens (primary N) is 2. The van der Waals surface area contributed by atoms with Gasteiger partial charge in [0, 0.05) is 12.5 Å². The minimum atomic E-state index is 0.339. The molecule has 0 unspecified atom stereocenters. The topological polar surface area (TPSA) is 102 Å². The van der Waals surface area contributed by atoms with Crippen LogP contribution >= 0.6 is 0 Å². The van der Waals surface area contributed by atoms with Crippen molar-refractivity contribution in [2.75, 3.05) is 10.9 Å². The van der Waals surface area contributed by atoms with Gasteiger partial charge in [0.1, 0.15) is 5.82 Å². The summed E-state index contributed by atoms with van der Waals surface area (Å²) in [5.74, 6) is 11.5. The Hall–Kier alpha value is -2.18. The van der Waals surface area contributed by atoms with E-state index >= 15 is 0 Å². The van der Waals surface area contributed by atoms with Gasteiger partial charge in [0.05, 0.1) is 5.69 Å². The molecule has 0 fully saturated rings. The molecule has 2 rings (SSSR count). The van der Waals surface area contributed by atoms with Crippen LogP contribution in [0.15, 0.2) is 36.4 Å². The summed E-state index contributed by atoms with van der Waals surface area (Å²) in [5, 5.41) is 0. The van der Waals surface area contributed by atoms with Crippen molar-refractivity contribution >= 4 is 11.8 Å². The van der Waals surface area contributed by atoms with Crippen molar-refractivity contribution in [1.82, 2.24) is 9.97 Å². The molecule has 0 aliphatic carbocycles. The van der Waals surface area contributed by atoms with Crippen molar-refractivity contribution in [1.29, 1.82) is 0 Å². The van der Waals surface area contributed by atoms with Crippen LogP contribution in [0.3, 0.4) is 0 Å². The molecule has 1 heterocycles. The maximum atomic E-state index is 5.33. The molecule has 1 aromatic heterocycles. The second kappa shape index (κ2) is 5.24. The number of nitrogens with one attached hydrogen (secondary N) is 2. The molecule has 0 saturated carbocycles. The van der Waals surface area contributed by atoms with Gasteiger partial charge >= 0.3 is 0 Å². The second-order valence-corrected chi connectivity index (χ2v) is 3.52. The number of hydrazine groups is 2. The number of anilines is 2. The summed E-state index contributed by atoms with van der Waals surface area (Å²) in [6, 6.07) is 11.8. The van der Waals surface area contributed by atoms with Crippen LogP contribution in [0.2, 0.25) is 0 Å². The monoisotopic (exact) mass is 230 g/mol. The Morgan fingerprint density at radius 3 is 2.41 bits per heavy atom. The van der Waals surface area contributed by atoms with Crippen molar-refractivity contribution in [3.05, 3.63) is 47.7 Å². The number of rotatable bonds is 4. The maximum absolute atomic E-state index is 5.33. The van der Waals surface area contributed by atoms with Crippen LogP contribution in [-0.2, 0) is 6.42 Å². The number of nitrogens with zero attached hydrogens (tertiary/aromatic N) is 2. The molecule has 17 heavy (non-hydrogen) atoms. The van der Waals surface area contributed by atoms with Crippen molar-refractivity contribution in [3.63, 3.8) is 0 Å². The van der Waals surface area contributed by atoms with Crippen LogP contribution in [0.25, 0.3) is 0 Å². The maximum Gasteiger partial charge on any atom is 0.239 e. The van der Waals surface area contributed by atoms with Crippen LogP contribution in [-0.4, -0.2) is 9.97 Å². The Morgan fingerprint density at radius 1 is 1.00 bits per heavy atom. The quantitative estimate of drug-likeness (QED) is 0.454. The van der Waals surface area contributed by atoms with Crippen molar-refractivity contribution in [2.24, 2.45) is 11.7 Å². The molecule has 0 atom stereocenters. The van der Waals surface area contributed by atoms with Gasteiger partial charge in [-0.2, -0.15) is 4.98 Å². The zero-order valence-electron chi connectivity index (χ0n) is 9.22. The van der Waals surface area contributed by atoms with E-state index in [4.69, 9.17) is 11.7 Å². The summed E-state index contributed by atoms with van der Waals surface area (Å²) >= 11 is 0. The van der Waals surface area contributed by atoms with Crippen LogP contribution in [0.4, 0.5) is 11.8 Å². The molecule has 0 saturated heterocycles. The molecule has 2 aromatic rings. The van der Waals surface area contributed by atoms with Gasteiger partial charge < -0.3 is 5.43 Å². The van der Waals surface area contributed by atoms with Crippen LogP contribution < -0.4 is 22.5 Å². The fourth-order valence-electron chi connectivity index (χ4n) is 1.53. The summed E-state index contributed by atoms with van der Waals surface area (Å²) in [7, 11) is 0. The largest absolute Gasteiger partial charge is 0.308 e. The third-order valence-corrected chi connectivity index (χ3v) is 2.28. The highest BCUT2D eigenvalue weighted by Crippen LogP contribution is 2.12. The molecule has 0 amide bonds. The molecular formula is C11H14N6. The van der Waals surface area contributed by atoms with E-state index in [1.807, 2.05) is 30.3 Å². The molecule has 6 N–H and O–H groups in total. The van der Waals surface area contributed by atoms with Crippen molar-refractivity contribution in [3.8, 4) is 0 Å². The van der Waals surface area contributed by atoms with E-state index in [0.29, 0.717) is 18.2 Å². The first-order valence-electron chi connectivity index (χ1n) is 5.17. The molecule has 6 heteroatoms. The molecule has 0 aliphatic rings. The van der Waals surface area contributed by atoms with E-state index in [0.717, 1.165) is 11.3 Å². The van der Waals surface area contributed by atoms with E-state index < -0.39 is 0 Å². The van der Waals surface area contributed by atoms with E-state index in [1.165, 1.54) is 0 Å². The predicted octanol–water partition coefficient (Wildman–Crippen LogP) is 0.639. The van der Waals surface area contributed by atoms with E-state index in [-0.39, 0.29) is 0 Å². The lowest BCUT2D eigenvalue weighted by Crippen LogP contribution is -2.15. The van der Waals surface area contributed by atoms with Crippen molar-refractivity contribution in [2.45, 2.75) is 6.42 Å². The van der Waals surface area contributed by atoms with Gasteiger partial charge in [0.2, 0.25) is 5.95 Å². The van der Waals surface area contributed by atoms with Gasteiger partial charge in [-0.1, -0.05) is 30.3 Å². The summed E-state index contributed by atoms with van der Waals surface area (Å²) in [6.07, 6.45) is 0.701. The zero-order chi connectivity index (χ0) is 12.1. The average molecular weight is 230 g/mol. The predicted molar refractivity (Wildman–Crippen MR) is 66.9 cm³/mol. The Kier molecular flexibility index (Phi) is 3.49. The molecule has 1 aromatic carbocycles. The summed E-state index contributed by atoms with van der Waals surface area (Å²) in [4.78, 5) is 8.28. The molecule has 0 bridgehead atoms. The standard InChI is InChI=1S/C11H14N6/c12-16-10-7-9(14-11(15-10)17-13)6-8-4-2-1-3-5-8/h1-5,7H,6,12-13H2,(H2,14,15,16,17). The highest BCUT2D eigenvalue weighted by molar-refractivity contribution is 5.42. The SMILES string of the molecule is NNc1cc(Cc2ccccc2)nc(NN)n1. The van der Waals surface area contributed by atoms with Crippen molar-refractivity contribution < 1.29 is 0 Å². The first-order chi connectivity index (χ1) is 8.31. The smallest absolute Gasteiger partial charge is 0.239 e. The molecule has 88 valence electrons. The third-order valence-electron chi connectivity index (χ3n) is 2.28. The third kappa shape index (κ3) is 2.90. The Morgan fingerprint density at radius 2 is 1.76 bits per heavy atom. The highest BCUT2D eigenvalue weighted by atomic mass is 15.3. The van der Waals surface area contributed by atoms with Crippen LogP contribution in [0.5, 0.6) is 0 Å². The van der Waals surface area contributed by atoms with E-state index in [1.54, 1.807) is 6.07 Å². The van der Waals surface area contributed by atoms with Gasteiger partial charge in [-0.05, 0) is 5.56 Å². The lowest BCUT2D eigenvalue weighted by molar-refractivity contribution is 1.01. The molecule has 0 aliphatic heterocycles. The van der Waals surface area contributed by atoms with E-state index in [9.17, 15) is 0 Å². The van der Waals surface area contributed by atoms with E-state index in [2.05, 4.69) is 20.8 Å². The second-order valence-electron chi connectivity index (χ2n) is 3.52. The van der Waals surface area contributed by atoms with Gasteiger partial charge in [0.25, 0.3) is 0 Å². The zero-order valence-corrected chi connectivity index (χ0v) is 9.22. The lowest BCUT2D eigenvalue weighted by atomic mass is 10.1. The molecular weight excluding hydrogens is 216 g/mol. The number of benzene rings is 1. The first-order valence-corrected chi connectivity index (χ1v) is 5.17. The Bertz CT molecular complexity index is 462. The van der Waals surface area contributed by atoms with Gasteiger partial charge in [0.15, 0.2) is 0 Å². The number of nitrogen functional groups attached to an aromatic ring is 2. The molecule has 0 radical (unpaired) electrons. The Balaban J connectivity index is 2.26. The number of hydrogen-bond acceptors (Lipinski definition) is 6. The minimum absolute atomic E-state index is 0.339. The van der Waals surface area contributed by atoms with Gasteiger partial charge in [-0.3, -0.25) is 5.43 Å². The highest BCUT2D eigenvalue weighted by Gasteiger charge is 2.03. The summed E-state index contributed by atoms with van der Waals surface area (Å²) in [5.41, 5.74) is 6.90. The van der Waals surface area contributed by atoms with Crippen LogP contribution in [0, 0.1) is 0 Å². The van der Waals surface area contributed by atoms with Gasteiger partial charge in [-0.25, -0.2) is 16.7 Å². The number of hydrogen-bond donors (Lipinski definition) is 4. The average Bonchev–Trinajstić information content (AvgIpc) is 2.39. The Labute approximate surface area is 99.0 Å². The normalized spacial score (nSPS) is 10.0. The lowest BCUT2D eigenvalue weighted by Gasteiger charge is -2.07. The fraction of sp³-hybridized carbons (Fsp3) is 0.0909. The van der Waals surface area contributed by atoms with Crippen LogP contribution in [0.1, 0.15) is 11.3 Å². The summed E-state index contributed by atoms with van der Waals surface area (Å²) in [6.45, 7) is 0. The summed E-state index contributed by atoms with van der Waals surface area (Å²) < 4.78 is 0. The molecule has 6 nitrogen and oxygen atoms in total. The fourth-order valence-corrected chi connectivity index (χ4v) is 1.53.